The third-order valence-corrected chi connectivity index (χ3v) is 3.63. The maximum absolute atomic E-state index is 13.0. The topological polar surface area (TPSA) is 3.24 Å². The van der Waals surface area contributed by atoms with E-state index in [0.29, 0.717) is 6.54 Å². The van der Waals surface area contributed by atoms with E-state index in [-0.39, 0.29) is 5.88 Å². The Balaban J connectivity index is 2.12. The largest absolute Gasteiger partial charge is 0.300 e. The summed E-state index contributed by atoms with van der Waals surface area (Å²) >= 11 is 5.47. The van der Waals surface area contributed by atoms with Gasteiger partial charge in [-0.2, -0.15) is 0 Å². The summed E-state index contributed by atoms with van der Waals surface area (Å²) in [5.74, 6) is 1.02. The lowest BCUT2D eigenvalue weighted by molar-refractivity contribution is 0.144. The van der Waals surface area contributed by atoms with Gasteiger partial charge in [0.05, 0.1) is 5.88 Å². The Hall–Kier alpha value is 0.180. The minimum absolute atomic E-state index is 0.135. The molecule has 15 heavy (non-hydrogen) atoms. The van der Waals surface area contributed by atoms with E-state index in [2.05, 4.69) is 11.8 Å². The van der Waals surface area contributed by atoms with Crippen LogP contribution < -0.4 is 0 Å². The highest BCUT2D eigenvalue weighted by molar-refractivity contribution is 6.18. The van der Waals surface area contributed by atoms with Gasteiger partial charge in [-0.25, -0.2) is 4.39 Å². The van der Waals surface area contributed by atoms with Gasteiger partial charge in [0.25, 0.3) is 0 Å². The lowest BCUT2D eigenvalue weighted by Crippen LogP contribution is -2.38. The average Bonchev–Trinajstić information content (AvgIpc) is 2.28. The smallest absolute Gasteiger partial charge is 0.126 e. The zero-order valence-corrected chi connectivity index (χ0v) is 10.5. The van der Waals surface area contributed by atoms with Gasteiger partial charge in [0.2, 0.25) is 0 Å². The molecule has 3 heteroatoms. The van der Waals surface area contributed by atoms with E-state index in [9.17, 15) is 4.39 Å². The molecule has 0 aliphatic carbocycles. The monoisotopic (exact) mass is 235 g/mol. The van der Waals surface area contributed by atoms with Crippen LogP contribution >= 0.6 is 11.6 Å². The summed E-state index contributed by atoms with van der Waals surface area (Å²) in [5.41, 5.74) is 0. The number of rotatable bonds is 6. The maximum atomic E-state index is 13.0. The first-order valence-corrected chi connectivity index (χ1v) is 6.72. The molecule has 1 fully saturated rings. The van der Waals surface area contributed by atoms with Gasteiger partial charge in [0.15, 0.2) is 0 Å². The Labute approximate surface area is 98.0 Å². The van der Waals surface area contributed by atoms with Crippen molar-refractivity contribution in [3.63, 3.8) is 0 Å². The predicted octanol–water partition coefficient (Wildman–Crippen LogP) is 3.47. The summed E-state index contributed by atoms with van der Waals surface area (Å²) in [5, 5.41) is 0. The quantitative estimate of drug-likeness (QED) is 0.638. The second kappa shape index (κ2) is 7.45. The molecule has 1 saturated heterocycles. The molecular formula is C12H23ClFN. The lowest BCUT2D eigenvalue weighted by atomic mass is 9.91. The van der Waals surface area contributed by atoms with Crippen molar-refractivity contribution < 1.29 is 4.39 Å². The second-order valence-corrected chi connectivity index (χ2v) is 4.95. The predicted molar refractivity (Wildman–Crippen MR) is 64.3 cm³/mol. The molecule has 0 spiro atoms. The van der Waals surface area contributed by atoms with Gasteiger partial charge >= 0.3 is 0 Å². The minimum Gasteiger partial charge on any atom is -0.300 e. The first-order valence-electron chi connectivity index (χ1n) is 6.18. The molecule has 0 aromatic rings. The highest BCUT2D eigenvalue weighted by atomic mass is 35.5. The summed E-state index contributed by atoms with van der Waals surface area (Å²) in [4.78, 5) is 2.22. The number of halogens is 2. The molecule has 0 amide bonds. The first-order chi connectivity index (χ1) is 7.26. The Morgan fingerprint density at radius 1 is 1.40 bits per heavy atom. The molecule has 0 unspecified atom stereocenters. The third-order valence-electron chi connectivity index (χ3n) is 3.30. The van der Waals surface area contributed by atoms with E-state index in [4.69, 9.17) is 11.6 Å². The number of hydrogen-bond acceptors (Lipinski definition) is 1. The molecule has 1 aliphatic rings. The van der Waals surface area contributed by atoms with Gasteiger partial charge in [-0.05, 0) is 31.8 Å². The summed E-state index contributed by atoms with van der Waals surface area (Å²) < 4.78 is 13.0. The molecular weight excluding hydrogens is 213 g/mol. The van der Waals surface area contributed by atoms with Crippen LogP contribution in [0.1, 0.15) is 39.0 Å². The van der Waals surface area contributed by atoms with E-state index in [1.807, 2.05) is 0 Å². The van der Waals surface area contributed by atoms with Crippen LogP contribution in [0.4, 0.5) is 4.39 Å². The fourth-order valence-corrected chi connectivity index (χ4v) is 2.38. The van der Waals surface area contributed by atoms with Gasteiger partial charge in [0.1, 0.15) is 6.17 Å². The van der Waals surface area contributed by atoms with Crippen LogP contribution in [0, 0.1) is 5.92 Å². The number of piperidine rings is 1. The Morgan fingerprint density at radius 3 is 2.60 bits per heavy atom. The van der Waals surface area contributed by atoms with Gasteiger partial charge in [-0.1, -0.05) is 26.2 Å². The van der Waals surface area contributed by atoms with Crippen LogP contribution in [-0.4, -0.2) is 36.6 Å². The summed E-state index contributed by atoms with van der Waals surface area (Å²) in [6, 6.07) is 0. The van der Waals surface area contributed by atoms with Crippen molar-refractivity contribution in [2.24, 2.45) is 5.92 Å². The van der Waals surface area contributed by atoms with E-state index >= 15 is 0 Å². The molecule has 0 bridgehead atoms. The van der Waals surface area contributed by atoms with Gasteiger partial charge in [-0.3, -0.25) is 0 Å². The van der Waals surface area contributed by atoms with Crippen LogP contribution in [0.2, 0.25) is 0 Å². The standard InChI is InChI=1S/C12H23ClFN/c1-2-3-4-11-5-7-15(8-6-11)10-12(14)9-13/h11-12H,2-10H2,1H3/t12-/m1/s1. The van der Waals surface area contributed by atoms with E-state index in [0.717, 1.165) is 19.0 Å². The van der Waals surface area contributed by atoms with Crippen molar-refractivity contribution in [1.82, 2.24) is 4.90 Å². The SMILES string of the molecule is CCCCC1CCN(C[C@H](F)CCl)CC1. The van der Waals surface area contributed by atoms with Crippen molar-refractivity contribution in [2.45, 2.75) is 45.2 Å². The molecule has 0 saturated carbocycles. The van der Waals surface area contributed by atoms with Crippen LogP contribution in [0.3, 0.4) is 0 Å². The normalized spacial score (nSPS) is 21.8. The van der Waals surface area contributed by atoms with Gasteiger partial charge < -0.3 is 4.90 Å². The number of alkyl halides is 2. The Kier molecular flexibility index (Phi) is 6.58. The van der Waals surface area contributed by atoms with Gasteiger partial charge in [-0.15, -0.1) is 11.6 Å². The minimum atomic E-state index is -0.848. The molecule has 0 aromatic heterocycles. The molecule has 0 aromatic carbocycles. The molecule has 90 valence electrons. The van der Waals surface area contributed by atoms with Crippen molar-refractivity contribution in [2.75, 3.05) is 25.5 Å². The highest BCUT2D eigenvalue weighted by Gasteiger charge is 2.20. The molecule has 0 N–H and O–H groups in total. The van der Waals surface area contributed by atoms with Crippen molar-refractivity contribution in [3.8, 4) is 0 Å². The Morgan fingerprint density at radius 2 is 2.07 bits per heavy atom. The zero-order chi connectivity index (χ0) is 11.1. The number of likely N-dealkylation sites (tertiary alicyclic amines) is 1. The van der Waals surface area contributed by atoms with Crippen molar-refractivity contribution in [1.29, 1.82) is 0 Å². The fraction of sp³-hybridized carbons (Fsp3) is 1.00. The Bertz CT molecular complexity index is 158. The molecule has 1 aliphatic heterocycles. The van der Waals surface area contributed by atoms with Crippen LogP contribution in [0.15, 0.2) is 0 Å². The molecule has 1 atom stereocenters. The summed E-state index contributed by atoms with van der Waals surface area (Å²) in [7, 11) is 0. The maximum Gasteiger partial charge on any atom is 0.126 e. The molecule has 1 rings (SSSR count). The van der Waals surface area contributed by atoms with Crippen LogP contribution in [0.25, 0.3) is 0 Å². The lowest BCUT2D eigenvalue weighted by Gasteiger charge is -2.32. The number of hydrogen-bond donors (Lipinski definition) is 0. The summed E-state index contributed by atoms with van der Waals surface area (Å²) in [6.07, 6.45) is 5.64. The average molecular weight is 236 g/mol. The summed E-state index contributed by atoms with van der Waals surface area (Å²) in [6.45, 7) is 4.89. The van der Waals surface area contributed by atoms with Crippen LogP contribution in [0.5, 0.6) is 0 Å². The van der Waals surface area contributed by atoms with E-state index in [1.165, 1.54) is 32.1 Å². The fourth-order valence-electron chi connectivity index (χ4n) is 2.28. The van der Waals surface area contributed by atoms with E-state index < -0.39 is 6.17 Å². The molecule has 1 heterocycles. The molecule has 1 nitrogen and oxygen atoms in total. The van der Waals surface area contributed by atoms with Crippen molar-refractivity contribution in [3.05, 3.63) is 0 Å². The molecule has 0 radical (unpaired) electrons. The third kappa shape index (κ3) is 5.17. The first kappa shape index (κ1) is 13.2. The number of unbranched alkanes of at least 4 members (excludes halogenated alkanes) is 1. The highest BCUT2D eigenvalue weighted by Crippen LogP contribution is 2.22. The zero-order valence-electron chi connectivity index (χ0n) is 9.72. The second-order valence-electron chi connectivity index (χ2n) is 4.64. The van der Waals surface area contributed by atoms with E-state index in [1.54, 1.807) is 0 Å². The van der Waals surface area contributed by atoms with Crippen LogP contribution in [-0.2, 0) is 0 Å². The van der Waals surface area contributed by atoms with Gasteiger partial charge in [0, 0.05) is 6.54 Å². The number of nitrogens with zero attached hydrogens (tertiary/aromatic N) is 1. The van der Waals surface area contributed by atoms with Crippen molar-refractivity contribution >= 4 is 11.6 Å².